The van der Waals surface area contributed by atoms with Gasteiger partial charge in [0.2, 0.25) is 0 Å². The van der Waals surface area contributed by atoms with E-state index < -0.39 is 0 Å². The third-order valence-corrected chi connectivity index (χ3v) is 3.42. The summed E-state index contributed by atoms with van der Waals surface area (Å²) in [5, 5.41) is 12.3. The summed E-state index contributed by atoms with van der Waals surface area (Å²) in [4.78, 5) is 5.86. The first kappa shape index (κ1) is 12.7. The lowest BCUT2D eigenvalue weighted by Crippen LogP contribution is -2.15. The van der Waals surface area contributed by atoms with Gasteiger partial charge in [0.1, 0.15) is 5.69 Å². The summed E-state index contributed by atoms with van der Waals surface area (Å²) < 4.78 is 0. The van der Waals surface area contributed by atoms with Crippen LogP contribution < -0.4 is 5.73 Å². The lowest BCUT2D eigenvalue weighted by Gasteiger charge is -2.06. The summed E-state index contributed by atoms with van der Waals surface area (Å²) in [7, 11) is 0. The molecule has 4 nitrogen and oxygen atoms in total. The number of benzene rings is 1. The molecule has 0 fully saturated rings. The van der Waals surface area contributed by atoms with Crippen molar-refractivity contribution in [2.24, 2.45) is 10.9 Å². The molecule has 0 unspecified atom stereocenters. The molecule has 0 aliphatic carbocycles. The minimum Gasteiger partial charge on any atom is -0.409 e. The van der Waals surface area contributed by atoms with Crippen molar-refractivity contribution in [3.8, 4) is 0 Å². The van der Waals surface area contributed by atoms with Crippen LogP contribution in [-0.2, 0) is 0 Å². The van der Waals surface area contributed by atoms with Gasteiger partial charge in [-0.1, -0.05) is 34.6 Å². The molecule has 0 aliphatic rings. The van der Waals surface area contributed by atoms with Gasteiger partial charge >= 0.3 is 0 Å². The highest BCUT2D eigenvalue weighted by molar-refractivity contribution is 7.99. The molecule has 3 N–H and O–H groups in total. The smallest absolute Gasteiger partial charge is 0.189 e. The fourth-order valence-electron chi connectivity index (χ4n) is 1.37. The molecule has 2 aromatic rings. The standard InChI is InChI=1S/C12H10ClN3OS/c13-8-3-1-4-9(7-8)18-10-5-2-6-15-11(10)12(14)16-17/h1-7,17H,(H2,14,16). The zero-order chi connectivity index (χ0) is 13.0. The van der Waals surface area contributed by atoms with Gasteiger partial charge < -0.3 is 10.9 Å². The first-order chi connectivity index (χ1) is 8.70. The third-order valence-electron chi connectivity index (χ3n) is 2.14. The molecule has 0 spiro atoms. The number of aromatic nitrogens is 1. The van der Waals surface area contributed by atoms with E-state index in [1.54, 1.807) is 18.3 Å². The summed E-state index contributed by atoms with van der Waals surface area (Å²) in [6, 6.07) is 11.1. The van der Waals surface area contributed by atoms with E-state index in [0.717, 1.165) is 9.79 Å². The van der Waals surface area contributed by atoms with Gasteiger partial charge in [-0.15, -0.1) is 0 Å². The van der Waals surface area contributed by atoms with Crippen LogP contribution in [-0.4, -0.2) is 16.0 Å². The number of halogens is 1. The first-order valence-electron chi connectivity index (χ1n) is 5.07. The number of pyridine rings is 1. The molecule has 1 aromatic carbocycles. The van der Waals surface area contributed by atoms with Crippen molar-refractivity contribution in [1.29, 1.82) is 0 Å². The average molecular weight is 280 g/mol. The number of nitrogens with two attached hydrogens (primary N) is 1. The summed E-state index contributed by atoms with van der Waals surface area (Å²) in [5.41, 5.74) is 6.03. The first-order valence-corrected chi connectivity index (χ1v) is 6.26. The predicted octanol–water partition coefficient (Wildman–Crippen LogP) is 2.98. The lowest BCUT2D eigenvalue weighted by atomic mass is 10.3. The Balaban J connectivity index is 2.35. The van der Waals surface area contributed by atoms with Gasteiger partial charge in [-0.3, -0.25) is 4.98 Å². The van der Waals surface area contributed by atoms with E-state index in [4.69, 9.17) is 22.5 Å². The van der Waals surface area contributed by atoms with Gasteiger partial charge in [-0.25, -0.2) is 0 Å². The molecular formula is C12H10ClN3OS. The maximum Gasteiger partial charge on any atom is 0.189 e. The zero-order valence-electron chi connectivity index (χ0n) is 9.25. The second-order valence-corrected chi connectivity index (χ2v) is 4.95. The molecule has 0 bridgehead atoms. The van der Waals surface area contributed by atoms with Crippen molar-refractivity contribution in [3.63, 3.8) is 0 Å². The van der Waals surface area contributed by atoms with Crippen LogP contribution in [0.2, 0.25) is 5.02 Å². The number of amidine groups is 1. The normalized spacial score (nSPS) is 11.5. The molecule has 0 aliphatic heterocycles. The average Bonchev–Trinajstić information content (AvgIpc) is 2.38. The van der Waals surface area contributed by atoms with Crippen molar-refractivity contribution >= 4 is 29.2 Å². The maximum absolute atomic E-state index is 8.72. The van der Waals surface area contributed by atoms with Crippen molar-refractivity contribution < 1.29 is 5.21 Å². The molecule has 18 heavy (non-hydrogen) atoms. The van der Waals surface area contributed by atoms with Gasteiger partial charge in [0.25, 0.3) is 0 Å². The molecule has 0 atom stereocenters. The van der Waals surface area contributed by atoms with Crippen LogP contribution in [0.15, 0.2) is 57.5 Å². The third kappa shape index (κ3) is 2.94. The van der Waals surface area contributed by atoms with Gasteiger partial charge in [-0.05, 0) is 30.3 Å². The van der Waals surface area contributed by atoms with Crippen molar-refractivity contribution in [2.45, 2.75) is 9.79 Å². The fraction of sp³-hybridized carbons (Fsp3) is 0. The van der Waals surface area contributed by atoms with Crippen molar-refractivity contribution in [3.05, 3.63) is 53.3 Å². The number of hydrogen-bond acceptors (Lipinski definition) is 4. The Morgan fingerprint density at radius 1 is 1.33 bits per heavy atom. The van der Waals surface area contributed by atoms with Crippen LogP contribution in [0, 0.1) is 0 Å². The van der Waals surface area contributed by atoms with Crippen LogP contribution in [0.1, 0.15) is 5.69 Å². The summed E-state index contributed by atoms with van der Waals surface area (Å²) >= 11 is 7.38. The second kappa shape index (κ2) is 5.75. The van der Waals surface area contributed by atoms with E-state index in [9.17, 15) is 0 Å². The SMILES string of the molecule is N/C(=N/O)c1ncccc1Sc1cccc(Cl)c1. The van der Waals surface area contributed by atoms with E-state index in [0.29, 0.717) is 10.7 Å². The summed E-state index contributed by atoms with van der Waals surface area (Å²) in [6.45, 7) is 0. The highest BCUT2D eigenvalue weighted by atomic mass is 35.5. The Morgan fingerprint density at radius 3 is 2.89 bits per heavy atom. The van der Waals surface area contributed by atoms with Gasteiger partial charge in [-0.2, -0.15) is 0 Å². The number of nitrogens with zero attached hydrogens (tertiary/aromatic N) is 2. The number of oxime groups is 1. The molecule has 0 saturated carbocycles. The Labute approximate surface area is 113 Å². The van der Waals surface area contributed by atoms with Crippen LogP contribution >= 0.6 is 23.4 Å². The molecule has 1 aromatic heterocycles. The van der Waals surface area contributed by atoms with E-state index in [-0.39, 0.29) is 5.84 Å². The lowest BCUT2D eigenvalue weighted by molar-refractivity contribution is 0.318. The molecule has 2 rings (SSSR count). The largest absolute Gasteiger partial charge is 0.409 e. The highest BCUT2D eigenvalue weighted by Gasteiger charge is 2.09. The maximum atomic E-state index is 8.72. The van der Waals surface area contributed by atoms with Gasteiger partial charge in [0, 0.05) is 21.0 Å². The molecule has 0 radical (unpaired) electrons. The summed E-state index contributed by atoms with van der Waals surface area (Å²) in [5.74, 6) is -0.0138. The summed E-state index contributed by atoms with van der Waals surface area (Å²) in [6.07, 6.45) is 1.59. The Bertz CT molecular complexity index is 589. The fourth-order valence-corrected chi connectivity index (χ4v) is 2.61. The van der Waals surface area contributed by atoms with Crippen molar-refractivity contribution in [1.82, 2.24) is 4.98 Å². The highest BCUT2D eigenvalue weighted by Crippen LogP contribution is 2.30. The van der Waals surface area contributed by atoms with Gasteiger partial charge in [0.05, 0.1) is 0 Å². The van der Waals surface area contributed by atoms with Gasteiger partial charge in [0.15, 0.2) is 5.84 Å². The zero-order valence-corrected chi connectivity index (χ0v) is 10.8. The van der Waals surface area contributed by atoms with Crippen LogP contribution in [0.4, 0.5) is 0 Å². The number of rotatable bonds is 3. The topological polar surface area (TPSA) is 71.5 Å². The van der Waals surface area contributed by atoms with Crippen LogP contribution in [0.25, 0.3) is 0 Å². The number of hydrogen-bond donors (Lipinski definition) is 2. The van der Waals surface area contributed by atoms with E-state index in [1.165, 1.54) is 11.8 Å². The molecule has 0 amide bonds. The molecule has 92 valence electrons. The molecule has 0 saturated heterocycles. The predicted molar refractivity (Wildman–Crippen MR) is 72.3 cm³/mol. The van der Waals surface area contributed by atoms with E-state index in [1.807, 2.05) is 24.3 Å². The molecule has 1 heterocycles. The Hall–Kier alpha value is -1.72. The molecule has 6 heteroatoms. The minimum atomic E-state index is -0.0138. The monoisotopic (exact) mass is 279 g/mol. The quantitative estimate of drug-likeness (QED) is 0.392. The van der Waals surface area contributed by atoms with Crippen molar-refractivity contribution in [2.75, 3.05) is 0 Å². The van der Waals surface area contributed by atoms with Crippen LogP contribution in [0.3, 0.4) is 0 Å². The van der Waals surface area contributed by atoms with E-state index in [2.05, 4.69) is 10.1 Å². The Kier molecular flexibility index (Phi) is 4.07. The second-order valence-electron chi connectivity index (χ2n) is 3.39. The minimum absolute atomic E-state index is 0.0138. The Morgan fingerprint density at radius 2 is 2.17 bits per heavy atom. The van der Waals surface area contributed by atoms with Crippen LogP contribution in [0.5, 0.6) is 0 Å². The molecular weight excluding hydrogens is 270 g/mol. The van der Waals surface area contributed by atoms with E-state index >= 15 is 0 Å².